The van der Waals surface area contributed by atoms with Gasteiger partial charge in [0.15, 0.2) is 0 Å². The number of hydrogen-bond donors (Lipinski definition) is 1. The maximum Gasteiger partial charge on any atom is 0.0468 e. The van der Waals surface area contributed by atoms with Gasteiger partial charge in [0.1, 0.15) is 0 Å². The molecule has 0 spiro atoms. The minimum absolute atomic E-state index is 0.801. The smallest absolute Gasteiger partial charge is 0.0468 e. The molecule has 2 rings (SSSR count). The predicted molar refractivity (Wildman–Crippen MR) is 76.8 cm³/mol. The molecule has 1 aliphatic heterocycles. The summed E-state index contributed by atoms with van der Waals surface area (Å²) in [4.78, 5) is 0. The molecule has 106 valence electrons. The summed E-state index contributed by atoms with van der Waals surface area (Å²) in [6.45, 7) is 5.48. The minimum Gasteiger partial charge on any atom is -0.381 e. The zero-order valence-electron chi connectivity index (χ0n) is 12.1. The van der Waals surface area contributed by atoms with E-state index < -0.39 is 0 Å². The van der Waals surface area contributed by atoms with Gasteiger partial charge in [0.25, 0.3) is 0 Å². The van der Waals surface area contributed by atoms with E-state index in [1.54, 1.807) is 0 Å². The van der Waals surface area contributed by atoms with Gasteiger partial charge in [-0.2, -0.15) is 0 Å². The van der Waals surface area contributed by atoms with Crippen molar-refractivity contribution in [2.45, 2.75) is 70.8 Å². The third-order valence-electron chi connectivity index (χ3n) is 4.85. The summed E-state index contributed by atoms with van der Waals surface area (Å²) >= 11 is 0. The number of nitrogens with one attached hydrogen (secondary N) is 1. The molecule has 0 radical (unpaired) electrons. The molecule has 0 amide bonds. The lowest BCUT2D eigenvalue weighted by Crippen LogP contribution is -2.36. The second-order valence-electron chi connectivity index (χ2n) is 6.24. The van der Waals surface area contributed by atoms with Crippen LogP contribution in [0.25, 0.3) is 0 Å². The van der Waals surface area contributed by atoms with E-state index in [0.717, 1.165) is 31.1 Å². The quantitative estimate of drug-likeness (QED) is 0.746. The third-order valence-corrected chi connectivity index (χ3v) is 4.85. The first-order valence-electron chi connectivity index (χ1n) is 8.21. The zero-order valence-corrected chi connectivity index (χ0v) is 12.1. The topological polar surface area (TPSA) is 21.3 Å². The zero-order chi connectivity index (χ0) is 12.6. The molecule has 1 N–H and O–H groups in total. The molecule has 1 heterocycles. The van der Waals surface area contributed by atoms with Gasteiger partial charge >= 0.3 is 0 Å². The number of ether oxygens (including phenoxy) is 1. The molecule has 1 aliphatic carbocycles. The average molecular weight is 253 g/mol. The van der Waals surface area contributed by atoms with Crippen molar-refractivity contribution in [2.24, 2.45) is 11.8 Å². The Bertz CT molecular complexity index is 207. The summed E-state index contributed by atoms with van der Waals surface area (Å²) in [5, 5.41) is 3.82. The summed E-state index contributed by atoms with van der Waals surface area (Å²) < 4.78 is 5.46. The fourth-order valence-electron chi connectivity index (χ4n) is 3.64. The first-order chi connectivity index (χ1) is 8.90. The first kappa shape index (κ1) is 14.3. The highest BCUT2D eigenvalue weighted by atomic mass is 16.5. The Morgan fingerprint density at radius 3 is 2.50 bits per heavy atom. The lowest BCUT2D eigenvalue weighted by molar-refractivity contribution is 0.0616. The van der Waals surface area contributed by atoms with E-state index >= 15 is 0 Å². The second-order valence-corrected chi connectivity index (χ2v) is 6.24. The fraction of sp³-hybridized carbons (Fsp3) is 1.00. The van der Waals surface area contributed by atoms with E-state index in [1.807, 2.05) is 0 Å². The van der Waals surface area contributed by atoms with Crippen LogP contribution in [0.4, 0.5) is 0 Å². The molecule has 2 nitrogen and oxygen atoms in total. The van der Waals surface area contributed by atoms with E-state index in [4.69, 9.17) is 4.74 Å². The van der Waals surface area contributed by atoms with Crippen molar-refractivity contribution in [1.82, 2.24) is 5.32 Å². The van der Waals surface area contributed by atoms with E-state index in [2.05, 4.69) is 12.2 Å². The van der Waals surface area contributed by atoms with E-state index in [9.17, 15) is 0 Å². The average Bonchev–Trinajstić information content (AvgIpc) is 2.94. The summed E-state index contributed by atoms with van der Waals surface area (Å²) in [5.74, 6) is 1.91. The highest BCUT2D eigenvalue weighted by molar-refractivity contribution is 4.81. The lowest BCUT2D eigenvalue weighted by atomic mass is 9.88. The monoisotopic (exact) mass is 253 g/mol. The van der Waals surface area contributed by atoms with Gasteiger partial charge in [0.2, 0.25) is 0 Å². The summed E-state index contributed by atoms with van der Waals surface area (Å²) in [6, 6.07) is 0.801. The van der Waals surface area contributed by atoms with Crippen LogP contribution in [0.3, 0.4) is 0 Å². The van der Waals surface area contributed by atoms with Crippen molar-refractivity contribution < 1.29 is 4.74 Å². The van der Waals surface area contributed by atoms with Crippen LogP contribution in [-0.4, -0.2) is 25.8 Å². The lowest BCUT2D eigenvalue weighted by Gasteiger charge is -2.28. The van der Waals surface area contributed by atoms with Crippen molar-refractivity contribution in [1.29, 1.82) is 0 Å². The van der Waals surface area contributed by atoms with Gasteiger partial charge < -0.3 is 10.1 Å². The highest BCUT2D eigenvalue weighted by Crippen LogP contribution is 2.31. The van der Waals surface area contributed by atoms with E-state index in [0.29, 0.717) is 0 Å². The summed E-state index contributed by atoms with van der Waals surface area (Å²) in [6.07, 6.45) is 12.5. The molecule has 18 heavy (non-hydrogen) atoms. The van der Waals surface area contributed by atoms with Crippen LogP contribution in [0, 0.1) is 11.8 Å². The Kier molecular flexibility index (Phi) is 6.50. The maximum atomic E-state index is 5.46. The molecule has 2 aliphatic rings. The van der Waals surface area contributed by atoms with Crippen molar-refractivity contribution in [2.75, 3.05) is 19.8 Å². The molecular formula is C16H31NO. The van der Waals surface area contributed by atoms with Crippen LogP contribution in [-0.2, 0) is 4.74 Å². The van der Waals surface area contributed by atoms with Crippen LogP contribution >= 0.6 is 0 Å². The Morgan fingerprint density at radius 1 is 1.11 bits per heavy atom. The molecular weight excluding hydrogens is 222 g/mol. The van der Waals surface area contributed by atoms with Gasteiger partial charge in [-0.15, -0.1) is 0 Å². The van der Waals surface area contributed by atoms with Crippen molar-refractivity contribution in [3.8, 4) is 0 Å². The van der Waals surface area contributed by atoms with Crippen LogP contribution in [0.2, 0.25) is 0 Å². The van der Waals surface area contributed by atoms with Crippen LogP contribution in [0.15, 0.2) is 0 Å². The van der Waals surface area contributed by atoms with Gasteiger partial charge in [-0.05, 0) is 63.3 Å². The number of hydrogen-bond acceptors (Lipinski definition) is 2. The minimum atomic E-state index is 0.801. The number of rotatable bonds is 7. The van der Waals surface area contributed by atoms with Crippen LogP contribution in [0.5, 0.6) is 0 Å². The molecule has 2 fully saturated rings. The van der Waals surface area contributed by atoms with Crippen molar-refractivity contribution in [3.05, 3.63) is 0 Å². The molecule has 2 heteroatoms. The molecule has 1 unspecified atom stereocenters. The van der Waals surface area contributed by atoms with Gasteiger partial charge in [0.05, 0.1) is 0 Å². The standard InChI is InChI=1S/C16H31NO/c1-2-11-17-16(15-5-3-4-6-15)8-7-14-9-12-18-13-10-14/h14-17H,2-13H2,1H3. The summed E-state index contributed by atoms with van der Waals surface area (Å²) in [7, 11) is 0. The van der Waals surface area contributed by atoms with Gasteiger partial charge in [-0.25, -0.2) is 0 Å². The molecule has 0 aromatic carbocycles. The second kappa shape index (κ2) is 8.16. The third kappa shape index (κ3) is 4.55. The predicted octanol–water partition coefficient (Wildman–Crippen LogP) is 3.75. The Labute approximate surface area is 113 Å². The van der Waals surface area contributed by atoms with E-state index in [-0.39, 0.29) is 0 Å². The molecule has 1 saturated heterocycles. The molecule has 0 bridgehead atoms. The van der Waals surface area contributed by atoms with Gasteiger partial charge in [-0.3, -0.25) is 0 Å². The van der Waals surface area contributed by atoms with Crippen molar-refractivity contribution in [3.63, 3.8) is 0 Å². The Morgan fingerprint density at radius 2 is 1.83 bits per heavy atom. The normalized spacial score (nSPS) is 24.5. The molecule has 1 saturated carbocycles. The van der Waals surface area contributed by atoms with Gasteiger partial charge in [-0.1, -0.05) is 19.8 Å². The molecule has 1 atom stereocenters. The summed E-state index contributed by atoms with van der Waals surface area (Å²) in [5.41, 5.74) is 0. The molecule has 0 aromatic heterocycles. The highest BCUT2D eigenvalue weighted by Gasteiger charge is 2.25. The molecule has 0 aromatic rings. The Hall–Kier alpha value is -0.0800. The Balaban J connectivity index is 1.72. The van der Waals surface area contributed by atoms with Crippen LogP contribution in [0.1, 0.15) is 64.7 Å². The fourth-order valence-corrected chi connectivity index (χ4v) is 3.64. The van der Waals surface area contributed by atoms with E-state index in [1.165, 1.54) is 64.3 Å². The van der Waals surface area contributed by atoms with Gasteiger partial charge in [0, 0.05) is 19.3 Å². The maximum absolute atomic E-state index is 5.46. The first-order valence-corrected chi connectivity index (χ1v) is 8.21. The largest absolute Gasteiger partial charge is 0.381 e. The van der Waals surface area contributed by atoms with Crippen molar-refractivity contribution >= 4 is 0 Å². The SMILES string of the molecule is CCCNC(CCC1CCOCC1)C1CCCC1. The van der Waals surface area contributed by atoms with Crippen LogP contribution < -0.4 is 5.32 Å².